The summed E-state index contributed by atoms with van der Waals surface area (Å²) in [5.41, 5.74) is -1.14. The van der Waals surface area contributed by atoms with Crippen molar-refractivity contribution in [2.45, 2.75) is 45.6 Å². The number of carbonyl (C=O) groups excluding carboxylic acids is 1. The van der Waals surface area contributed by atoms with E-state index in [1.54, 1.807) is 6.92 Å². The van der Waals surface area contributed by atoms with Gasteiger partial charge in [-0.3, -0.25) is 0 Å². The van der Waals surface area contributed by atoms with Gasteiger partial charge in [0.1, 0.15) is 5.54 Å². The molecule has 0 spiro atoms. The Labute approximate surface area is 120 Å². The number of carboxylic acids is 1. The molecule has 20 heavy (non-hydrogen) atoms. The van der Waals surface area contributed by atoms with Gasteiger partial charge in [-0.05, 0) is 51.7 Å². The zero-order valence-corrected chi connectivity index (χ0v) is 12.7. The normalized spacial score (nSPS) is 17.6. The fraction of sp³-hybridized carbons (Fsp3) is 0.857. The fourth-order valence-corrected chi connectivity index (χ4v) is 2.32. The van der Waals surface area contributed by atoms with E-state index in [1.807, 2.05) is 0 Å². The number of hydrogen-bond donors (Lipinski definition) is 3. The molecule has 6 nitrogen and oxygen atoms in total. The summed E-state index contributed by atoms with van der Waals surface area (Å²) in [7, 11) is 0. The van der Waals surface area contributed by atoms with Crippen molar-refractivity contribution in [1.82, 2.24) is 15.5 Å². The van der Waals surface area contributed by atoms with Crippen molar-refractivity contribution in [1.29, 1.82) is 0 Å². The summed E-state index contributed by atoms with van der Waals surface area (Å²) in [4.78, 5) is 25.3. The van der Waals surface area contributed by atoms with Crippen LogP contribution in [0, 0.1) is 5.92 Å². The smallest absolute Gasteiger partial charge is 0.329 e. The van der Waals surface area contributed by atoms with Crippen molar-refractivity contribution in [3.63, 3.8) is 0 Å². The molecule has 1 aliphatic carbocycles. The van der Waals surface area contributed by atoms with Crippen LogP contribution in [0.3, 0.4) is 0 Å². The summed E-state index contributed by atoms with van der Waals surface area (Å²) in [6.45, 7) is 9.30. The lowest BCUT2D eigenvalue weighted by atomic mass is 9.96. The minimum absolute atomic E-state index is 0.0569. The molecule has 3 N–H and O–H groups in total. The number of hydrogen-bond acceptors (Lipinski definition) is 3. The molecule has 2 amide bonds. The lowest BCUT2D eigenvalue weighted by molar-refractivity contribution is -0.144. The van der Waals surface area contributed by atoms with Crippen LogP contribution in [0.15, 0.2) is 0 Å². The molecule has 1 saturated carbocycles. The average molecular weight is 285 g/mol. The predicted octanol–water partition coefficient (Wildman–Crippen LogP) is 1.27. The summed E-state index contributed by atoms with van der Waals surface area (Å²) in [6, 6.07) is -0.388. The second-order valence-electron chi connectivity index (χ2n) is 5.54. The lowest BCUT2D eigenvalue weighted by Crippen LogP contribution is -2.56. The Balaban J connectivity index is 2.27. The number of nitrogens with zero attached hydrogens (tertiary/aromatic N) is 1. The summed E-state index contributed by atoms with van der Waals surface area (Å²) in [5.74, 6) is -0.903. The third kappa shape index (κ3) is 4.67. The number of carboxylic acid groups (broad SMARTS) is 1. The Hall–Kier alpha value is -1.30. The van der Waals surface area contributed by atoms with Crippen molar-refractivity contribution >= 4 is 12.0 Å². The highest BCUT2D eigenvalue weighted by Gasteiger charge is 2.48. The molecule has 6 heteroatoms. The van der Waals surface area contributed by atoms with Crippen molar-refractivity contribution in [3.05, 3.63) is 0 Å². The minimum atomic E-state index is -1.14. The molecule has 1 unspecified atom stereocenters. The molecule has 0 heterocycles. The van der Waals surface area contributed by atoms with Crippen LogP contribution in [-0.4, -0.2) is 53.7 Å². The van der Waals surface area contributed by atoms with Gasteiger partial charge in [-0.2, -0.15) is 0 Å². The standard InChI is InChI=1S/C14H27N3O3/c1-4-17(5-2)10-6-9-15-13(20)16-14(3,12(18)19)11-7-8-11/h11H,4-10H2,1-3H3,(H,18,19)(H2,15,16,20). The van der Waals surface area contributed by atoms with Gasteiger partial charge < -0.3 is 20.6 Å². The average Bonchev–Trinajstić information content (AvgIpc) is 3.23. The van der Waals surface area contributed by atoms with Crippen LogP contribution in [0.1, 0.15) is 40.0 Å². The first-order valence-corrected chi connectivity index (χ1v) is 7.45. The van der Waals surface area contributed by atoms with Crippen LogP contribution in [0.2, 0.25) is 0 Å². The van der Waals surface area contributed by atoms with Gasteiger partial charge in [0.2, 0.25) is 0 Å². The molecule has 0 aliphatic heterocycles. The van der Waals surface area contributed by atoms with E-state index >= 15 is 0 Å². The van der Waals surface area contributed by atoms with Gasteiger partial charge in [0, 0.05) is 6.54 Å². The van der Waals surface area contributed by atoms with E-state index in [0.717, 1.165) is 38.9 Å². The summed E-state index contributed by atoms with van der Waals surface area (Å²) >= 11 is 0. The molecule has 0 saturated heterocycles. The number of nitrogens with one attached hydrogen (secondary N) is 2. The van der Waals surface area contributed by atoms with Crippen molar-refractivity contribution in [2.24, 2.45) is 5.92 Å². The maximum absolute atomic E-state index is 11.8. The zero-order valence-electron chi connectivity index (χ0n) is 12.7. The third-order valence-electron chi connectivity index (χ3n) is 4.04. The third-order valence-corrected chi connectivity index (χ3v) is 4.04. The maximum atomic E-state index is 11.8. The zero-order chi connectivity index (χ0) is 15.2. The first kappa shape index (κ1) is 16.8. The van der Waals surface area contributed by atoms with Crippen LogP contribution >= 0.6 is 0 Å². The highest BCUT2D eigenvalue weighted by molar-refractivity contribution is 5.86. The SMILES string of the molecule is CCN(CC)CCCNC(=O)NC(C)(C(=O)O)C1CC1. The monoisotopic (exact) mass is 285 g/mol. The van der Waals surface area contributed by atoms with Gasteiger partial charge in [-0.25, -0.2) is 9.59 Å². The summed E-state index contributed by atoms with van der Waals surface area (Å²) < 4.78 is 0. The molecule has 0 bridgehead atoms. The Morgan fingerprint density at radius 2 is 1.90 bits per heavy atom. The molecule has 0 aromatic rings. The molecular weight excluding hydrogens is 258 g/mol. The highest BCUT2D eigenvalue weighted by atomic mass is 16.4. The number of aliphatic carboxylic acids is 1. The second kappa shape index (κ2) is 7.47. The minimum Gasteiger partial charge on any atom is -0.480 e. The molecule has 1 atom stereocenters. The van der Waals surface area contributed by atoms with Crippen LogP contribution in [0.5, 0.6) is 0 Å². The van der Waals surface area contributed by atoms with E-state index in [4.69, 9.17) is 0 Å². The van der Waals surface area contributed by atoms with Crippen molar-refractivity contribution in [3.8, 4) is 0 Å². The lowest BCUT2D eigenvalue weighted by Gasteiger charge is -2.26. The number of urea groups is 1. The van der Waals surface area contributed by atoms with Gasteiger partial charge in [-0.15, -0.1) is 0 Å². The van der Waals surface area contributed by atoms with E-state index in [0.29, 0.717) is 6.54 Å². The molecule has 116 valence electrons. The predicted molar refractivity (Wildman–Crippen MR) is 77.7 cm³/mol. The van der Waals surface area contributed by atoms with E-state index in [9.17, 15) is 14.7 Å². The molecule has 1 rings (SSSR count). The Morgan fingerprint density at radius 1 is 1.30 bits per heavy atom. The molecule has 1 aliphatic rings. The summed E-state index contributed by atoms with van der Waals surface area (Å²) in [6.07, 6.45) is 2.60. The first-order valence-electron chi connectivity index (χ1n) is 7.45. The van der Waals surface area contributed by atoms with Gasteiger partial charge in [0.15, 0.2) is 0 Å². The quantitative estimate of drug-likeness (QED) is 0.557. The number of rotatable bonds is 9. The van der Waals surface area contributed by atoms with E-state index in [-0.39, 0.29) is 11.9 Å². The van der Waals surface area contributed by atoms with Crippen LogP contribution in [0.25, 0.3) is 0 Å². The van der Waals surface area contributed by atoms with E-state index < -0.39 is 11.5 Å². The maximum Gasteiger partial charge on any atom is 0.329 e. The van der Waals surface area contributed by atoms with Gasteiger partial charge in [-0.1, -0.05) is 13.8 Å². The van der Waals surface area contributed by atoms with Crippen LogP contribution in [0.4, 0.5) is 4.79 Å². The summed E-state index contributed by atoms with van der Waals surface area (Å²) in [5, 5.41) is 14.6. The fourth-order valence-electron chi connectivity index (χ4n) is 2.32. The molecule has 1 fully saturated rings. The van der Waals surface area contributed by atoms with Gasteiger partial charge >= 0.3 is 12.0 Å². The van der Waals surface area contributed by atoms with Gasteiger partial charge in [0.05, 0.1) is 0 Å². The van der Waals surface area contributed by atoms with E-state index in [2.05, 4.69) is 29.4 Å². The molecule has 0 aromatic carbocycles. The Bertz CT molecular complexity index is 341. The Kier molecular flexibility index (Phi) is 6.26. The molecule has 0 radical (unpaired) electrons. The largest absolute Gasteiger partial charge is 0.480 e. The van der Waals surface area contributed by atoms with Crippen molar-refractivity contribution in [2.75, 3.05) is 26.2 Å². The topological polar surface area (TPSA) is 81.7 Å². The number of carbonyl (C=O) groups is 2. The Morgan fingerprint density at radius 3 is 2.35 bits per heavy atom. The second-order valence-corrected chi connectivity index (χ2v) is 5.54. The number of amides is 2. The molecule has 0 aromatic heterocycles. The molecular formula is C14H27N3O3. The van der Waals surface area contributed by atoms with Gasteiger partial charge in [0.25, 0.3) is 0 Å². The van der Waals surface area contributed by atoms with Crippen LogP contribution < -0.4 is 10.6 Å². The first-order chi connectivity index (χ1) is 9.43. The highest BCUT2D eigenvalue weighted by Crippen LogP contribution is 2.39. The van der Waals surface area contributed by atoms with Crippen molar-refractivity contribution < 1.29 is 14.7 Å². The van der Waals surface area contributed by atoms with E-state index in [1.165, 1.54) is 0 Å². The van der Waals surface area contributed by atoms with Crippen LogP contribution in [-0.2, 0) is 4.79 Å².